The average Bonchev–Trinajstić information content (AvgIpc) is 3.16. The van der Waals surface area contributed by atoms with Crippen LogP contribution in [0.2, 0.25) is 0 Å². The third-order valence-corrected chi connectivity index (χ3v) is 7.18. The molecule has 24 heavy (non-hydrogen) atoms. The predicted octanol–water partition coefficient (Wildman–Crippen LogP) is 2.01. The lowest BCUT2D eigenvalue weighted by Crippen LogP contribution is -2.54. The van der Waals surface area contributed by atoms with Gasteiger partial charge in [-0.25, -0.2) is 0 Å². The summed E-state index contributed by atoms with van der Waals surface area (Å²) in [7, 11) is 0. The molecule has 4 nitrogen and oxygen atoms in total. The van der Waals surface area contributed by atoms with E-state index in [9.17, 15) is 0 Å². The van der Waals surface area contributed by atoms with Crippen LogP contribution >= 0.6 is 0 Å². The van der Waals surface area contributed by atoms with Crippen LogP contribution in [0.4, 0.5) is 0 Å². The molecule has 138 valence electrons. The molecule has 0 unspecified atom stereocenters. The van der Waals surface area contributed by atoms with Crippen LogP contribution < -0.4 is 5.32 Å². The van der Waals surface area contributed by atoms with Crippen molar-refractivity contribution in [2.75, 3.05) is 45.8 Å². The molecule has 0 aliphatic carbocycles. The second-order valence-corrected chi connectivity index (χ2v) is 9.78. The molecule has 1 N–H and O–H groups in total. The fourth-order valence-electron chi connectivity index (χ4n) is 5.80. The largest absolute Gasteiger partial charge is 0.317 e. The maximum atomic E-state index is 3.50. The van der Waals surface area contributed by atoms with E-state index in [0.29, 0.717) is 5.54 Å². The fourth-order valence-corrected chi connectivity index (χ4v) is 5.80. The summed E-state index contributed by atoms with van der Waals surface area (Å²) in [6.07, 6.45) is 7.01. The second-order valence-electron chi connectivity index (χ2n) is 9.78. The Kier molecular flexibility index (Phi) is 4.94. The van der Waals surface area contributed by atoms with Crippen molar-refractivity contribution in [1.82, 2.24) is 20.0 Å². The highest BCUT2D eigenvalue weighted by Crippen LogP contribution is 2.36. The third-order valence-electron chi connectivity index (χ3n) is 7.18. The first kappa shape index (κ1) is 17.3. The van der Waals surface area contributed by atoms with Crippen LogP contribution in [0.5, 0.6) is 0 Å². The van der Waals surface area contributed by atoms with E-state index < -0.39 is 0 Å². The van der Waals surface area contributed by atoms with Crippen LogP contribution in [0.25, 0.3) is 0 Å². The van der Waals surface area contributed by atoms with Crippen molar-refractivity contribution in [2.45, 2.75) is 76.5 Å². The van der Waals surface area contributed by atoms with Gasteiger partial charge in [0.05, 0.1) is 0 Å². The molecule has 0 saturated carbocycles. The SMILES string of the molecule is CC(C)(C)N1C[C@@H]2C[C@H]1CN2CC1CCN(C2CCNCC2)CC1. The summed E-state index contributed by atoms with van der Waals surface area (Å²) in [4.78, 5) is 8.40. The summed E-state index contributed by atoms with van der Waals surface area (Å²) in [6, 6.07) is 2.54. The summed E-state index contributed by atoms with van der Waals surface area (Å²) < 4.78 is 0. The van der Waals surface area contributed by atoms with Gasteiger partial charge >= 0.3 is 0 Å². The van der Waals surface area contributed by atoms with Crippen molar-refractivity contribution in [3.8, 4) is 0 Å². The first-order valence-corrected chi connectivity index (χ1v) is 10.5. The zero-order valence-electron chi connectivity index (χ0n) is 16.1. The van der Waals surface area contributed by atoms with Gasteiger partial charge in [-0.2, -0.15) is 0 Å². The standard InChI is InChI=1S/C20H38N4/c1-20(2,3)24-15-18-12-19(24)14-23(18)13-16-6-10-22(11-7-16)17-4-8-21-9-5-17/h16-19,21H,4-15H2,1-3H3/t18-,19-/m0/s1. The van der Waals surface area contributed by atoms with E-state index >= 15 is 0 Å². The molecular formula is C20H38N4. The Bertz CT molecular complexity index is 418. The minimum atomic E-state index is 0.353. The highest BCUT2D eigenvalue weighted by molar-refractivity contribution is 5.03. The van der Waals surface area contributed by atoms with Crippen LogP contribution in [0.15, 0.2) is 0 Å². The minimum Gasteiger partial charge on any atom is -0.317 e. The molecule has 0 aromatic carbocycles. The number of fused-ring (bicyclic) bond motifs is 2. The Morgan fingerprint density at radius 1 is 0.875 bits per heavy atom. The van der Waals surface area contributed by atoms with Crippen molar-refractivity contribution in [1.29, 1.82) is 0 Å². The van der Waals surface area contributed by atoms with Gasteiger partial charge < -0.3 is 10.2 Å². The molecule has 2 atom stereocenters. The number of hydrogen-bond acceptors (Lipinski definition) is 4. The molecule has 0 aromatic heterocycles. The van der Waals surface area contributed by atoms with Crippen molar-refractivity contribution in [3.05, 3.63) is 0 Å². The Balaban J connectivity index is 1.23. The Hall–Kier alpha value is -0.160. The van der Waals surface area contributed by atoms with Gasteiger partial charge in [-0.05, 0) is 85.0 Å². The maximum absolute atomic E-state index is 3.50. The molecule has 0 radical (unpaired) electrons. The number of piperidine rings is 2. The first-order chi connectivity index (χ1) is 11.5. The second kappa shape index (κ2) is 6.86. The van der Waals surface area contributed by atoms with Crippen molar-refractivity contribution < 1.29 is 0 Å². The first-order valence-electron chi connectivity index (χ1n) is 10.5. The summed E-state index contributed by atoms with van der Waals surface area (Å²) in [5, 5.41) is 3.50. The van der Waals surface area contributed by atoms with Crippen LogP contribution in [0.1, 0.15) is 52.9 Å². The minimum absolute atomic E-state index is 0.353. The van der Waals surface area contributed by atoms with E-state index in [-0.39, 0.29) is 0 Å². The van der Waals surface area contributed by atoms with Crippen molar-refractivity contribution in [3.63, 3.8) is 0 Å². The number of rotatable bonds is 3. The van der Waals surface area contributed by atoms with Gasteiger partial charge in [0.2, 0.25) is 0 Å². The van der Waals surface area contributed by atoms with Crippen molar-refractivity contribution in [2.24, 2.45) is 5.92 Å². The van der Waals surface area contributed by atoms with Crippen LogP contribution in [-0.2, 0) is 0 Å². The van der Waals surface area contributed by atoms with Crippen LogP contribution in [-0.4, -0.2) is 84.2 Å². The smallest absolute Gasteiger partial charge is 0.0244 e. The molecule has 4 rings (SSSR count). The molecule has 4 aliphatic rings. The van der Waals surface area contributed by atoms with Gasteiger partial charge in [-0.1, -0.05) is 0 Å². The van der Waals surface area contributed by atoms with Gasteiger partial charge in [0.15, 0.2) is 0 Å². The van der Waals surface area contributed by atoms with E-state index in [1.54, 1.807) is 0 Å². The molecule has 4 fully saturated rings. The van der Waals surface area contributed by atoms with Gasteiger partial charge in [0, 0.05) is 43.3 Å². The zero-order valence-corrected chi connectivity index (χ0v) is 16.1. The normalized spacial score (nSPS) is 35.1. The van der Waals surface area contributed by atoms with Gasteiger partial charge in [-0.15, -0.1) is 0 Å². The molecule has 2 bridgehead atoms. The summed E-state index contributed by atoms with van der Waals surface area (Å²) >= 11 is 0. The molecule has 4 heterocycles. The van der Waals surface area contributed by atoms with Crippen molar-refractivity contribution >= 4 is 0 Å². The number of likely N-dealkylation sites (tertiary alicyclic amines) is 3. The lowest BCUT2D eigenvalue weighted by atomic mass is 9.93. The summed E-state index contributed by atoms with van der Waals surface area (Å²) in [5.74, 6) is 0.949. The lowest BCUT2D eigenvalue weighted by Gasteiger charge is -2.44. The van der Waals surface area contributed by atoms with E-state index in [0.717, 1.165) is 24.0 Å². The van der Waals surface area contributed by atoms with Gasteiger partial charge in [0.25, 0.3) is 0 Å². The highest BCUT2D eigenvalue weighted by atomic mass is 15.4. The molecular weight excluding hydrogens is 296 g/mol. The van der Waals surface area contributed by atoms with Crippen LogP contribution in [0.3, 0.4) is 0 Å². The molecule has 4 saturated heterocycles. The molecule has 0 spiro atoms. The van der Waals surface area contributed by atoms with E-state index in [4.69, 9.17) is 0 Å². The monoisotopic (exact) mass is 334 g/mol. The Morgan fingerprint density at radius 2 is 1.58 bits per heavy atom. The van der Waals surface area contributed by atoms with E-state index in [2.05, 4.69) is 40.8 Å². The Labute approximate surface area is 148 Å². The molecule has 4 aliphatic heterocycles. The quantitative estimate of drug-likeness (QED) is 0.852. The predicted molar refractivity (Wildman–Crippen MR) is 100 cm³/mol. The van der Waals surface area contributed by atoms with E-state index in [1.165, 1.54) is 77.9 Å². The maximum Gasteiger partial charge on any atom is 0.0244 e. The fraction of sp³-hybridized carbons (Fsp3) is 1.00. The number of nitrogens with zero attached hydrogens (tertiary/aromatic N) is 3. The number of piperazine rings is 1. The number of nitrogens with one attached hydrogen (secondary N) is 1. The zero-order chi connectivity index (χ0) is 16.7. The number of hydrogen-bond donors (Lipinski definition) is 1. The van der Waals surface area contributed by atoms with Gasteiger partial charge in [-0.3, -0.25) is 9.80 Å². The summed E-state index contributed by atoms with van der Waals surface area (Å²) in [5.41, 5.74) is 0.353. The molecule has 0 amide bonds. The van der Waals surface area contributed by atoms with Crippen LogP contribution in [0, 0.1) is 5.92 Å². The third kappa shape index (κ3) is 3.53. The highest BCUT2D eigenvalue weighted by Gasteiger charge is 2.47. The topological polar surface area (TPSA) is 21.8 Å². The molecule has 4 heteroatoms. The molecule has 0 aromatic rings. The lowest BCUT2D eigenvalue weighted by molar-refractivity contribution is 0.0397. The van der Waals surface area contributed by atoms with E-state index in [1.807, 2.05) is 0 Å². The average molecular weight is 335 g/mol. The summed E-state index contributed by atoms with van der Waals surface area (Å²) in [6.45, 7) is 16.3. The Morgan fingerprint density at radius 3 is 2.17 bits per heavy atom. The van der Waals surface area contributed by atoms with Gasteiger partial charge in [0.1, 0.15) is 0 Å².